The summed E-state index contributed by atoms with van der Waals surface area (Å²) in [5, 5.41) is 22.5. The first-order chi connectivity index (χ1) is 11.4. The molecule has 0 spiro atoms. The molecular weight excluding hydrogens is 316 g/mol. The van der Waals surface area contributed by atoms with Crippen LogP contribution < -0.4 is 5.32 Å². The molecule has 24 heavy (non-hydrogen) atoms. The number of carboxylic acid groups (broad SMARTS) is 1. The number of nitrogens with one attached hydrogen (secondary N) is 1. The summed E-state index contributed by atoms with van der Waals surface area (Å²) in [6.07, 6.45) is 3.09. The zero-order valence-corrected chi connectivity index (χ0v) is 13.2. The van der Waals surface area contributed by atoms with Crippen LogP contribution in [0.25, 0.3) is 0 Å². The Morgan fingerprint density at radius 2 is 1.83 bits per heavy atom. The molecule has 0 saturated heterocycles. The van der Waals surface area contributed by atoms with Gasteiger partial charge in [0.2, 0.25) is 0 Å². The summed E-state index contributed by atoms with van der Waals surface area (Å²) in [7, 11) is 0. The van der Waals surface area contributed by atoms with E-state index < -0.39 is 22.4 Å². The van der Waals surface area contributed by atoms with Gasteiger partial charge in [-0.25, -0.2) is 4.79 Å². The van der Waals surface area contributed by atoms with Gasteiger partial charge in [-0.1, -0.05) is 19.3 Å². The van der Waals surface area contributed by atoms with E-state index in [1.807, 2.05) is 0 Å². The largest absolute Gasteiger partial charge is 0.481 e. The van der Waals surface area contributed by atoms with Gasteiger partial charge in [-0.15, -0.1) is 0 Å². The minimum Gasteiger partial charge on any atom is -0.481 e. The molecule has 130 valence electrons. The van der Waals surface area contributed by atoms with Crippen LogP contribution in [0, 0.1) is 15.5 Å². The van der Waals surface area contributed by atoms with Crippen molar-refractivity contribution < 1.29 is 24.4 Å². The number of ether oxygens (including phenoxy) is 1. The van der Waals surface area contributed by atoms with Crippen molar-refractivity contribution in [3.05, 3.63) is 39.9 Å². The summed E-state index contributed by atoms with van der Waals surface area (Å²) in [6.45, 7) is 0.00528. The highest BCUT2D eigenvalue weighted by molar-refractivity contribution is 5.76. The van der Waals surface area contributed by atoms with Gasteiger partial charge < -0.3 is 15.2 Å². The SMILES string of the molecule is O=C(NCC1(C(=O)O)CCCCC1)OCc1ccc([N+](=O)[O-])cc1. The molecular formula is C16H20N2O6. The van der Waals surface area contributed by atoms with Crippen molar-refractivity contribution in [2.45, 2.75) is 38.7 Å². The number of hydrogen-bond donors (Lipinski definition) is 2. The molecule has 0 aliphatic heterocycles. The molecule has 0 unspecified atom stereocenters. The van der Waals surface area contributed by atoms with E-state index in [0.29, 0.717) is 18.4 Å². The summed E-state index contributed by atoms with van der Waals surface area (Å²) < 4.78 is 5.03. The molecule has 2 N–H and O–H groups in total. The molecule has 1 aliphatic rings. The Morgan fingerprint density at radius 3 is 2.38 bits per heavy atom. The Morgan fingerprint density at radius 1 is 1.21 bits per heavy atom. The van der Waals surface area contributed by atoms with E-state index in [-0.39, 0.29) is 18.8 Å². The third-order valence-corrected chi connectivity index (χ3v) is 4.35. The van der Waals surface area contributed by atoms with Gasteiger partial charge in [-0.3, -0.25) is 14.9 Å². The third kappa shape index (κ3) is 4.43. The first-order valence-electron chi connectivity index (χ1n) is 7.80. The Kier molecular flexibility index (Phi) is 5.73. The number of amides is 1. The van der Waals surface area contributed by atoms with Gasteiger partial charge in [-0.2, -0.15) is 0 Å². The molecule has 0 atom stereocenters. The maximum Gasteiger partial charge on any atom is 0.407 e. The number of non-ortho nitro benzene ring substituents is 1. The zero-order valence-electron chi connectivity index (χ0n) is 13.2. The van der Waals surface area contributed by atoms with Gasteiger partial charge in [-0.05, 0) is 30.5 Å². The lowest BCUT2D eigenvalue weighted by atomic mass is 9.74. The number of carbonyl (C=O) groups is 2. The van der Waals surface area contributed by atoms with Crippen LogP contribution in [0.15, 0.2) is 24.3 Å². The van der Waals surface area contributed by atoms with Crippen molar-refractivity contribution >= 4 is 17.7 Å². The number of carboxylic acids is 1. The van der Waals surface area contributed by atoms with Crippen molar-refractivity contribution in [2.24, 2.45) is 5.41 Å². The number of rotatable bonds is 6. The van der Waals surface area contributed by atoms with Gasteiger partial charge >= 0.3 is 12.1 Å². The summed E-state index contributed by atoms with van der Waals surface area (Å²) in [5.74, 6) is -0.891. The molecule has 2 rings (SSSR count). The van der Waals surface area contributed by atoms with Crippen molar-refractivity contribution in [2.75, 3.05) is 6.54 Å². The highest BCUT2D eigenvalue weighted by Crippen LogP contribution is 2.36. The third-order valence-electron chi connectivity index (χ3n) is 4.35. The first kappa shape index (κ1) is 17.7. The number of benzene rings is 1. The van der Waals surface area contributed by atoms with E-state index in [0.717, 1.165) is 19.3 Å². The number of carbonyl (C=O) groups excluding carboxylic acids is 1. The van der Waals surface area contributed by atoms with Gasteiger partial charge in [0, 0.05) is 18.7 Å². The fraction of sp³-hybridized carbons (Fsp3) is 0.500. The molecule has 0 radical (unpaired) electrons. The van der Waals surface area contributed by atoms with Gasteiger partial charge in [0.15, 0.2) is 0 Å². The molecule has 8 heteroatoms. The van der Waals surface area contributed by atoms with Crippen molar-refractivity contribution in [1.82, 2.24) is 5.32 Å². The summed E-state index contributed by atoms with van der Waals surface area (Å²) >= 11 is 0. The van der Waals surface area contributed by atoms with Crippen LogP contribution >= 0.6 is 0 Å². The predicted molar refractivity (Wildman–Crippen MR) is 84.4 cm³/mol. The molecule has 0 aromatic heterocycles. The second kappa shape index (κ2) is 7.76. The summed E-state index contributed by atoms with van der Waals surface area (Å²) in [5.41, 5.74) is -0.338. The van der Waals surface area contributed by atoms with E-state index in [4.69, 9.17) is 4.74 Å². The quantitative estimate of drug-likeness (QED) is 0.609. The molecule has 1 amide bonds. The van der Waals surface area contributed by atoms with E-state index in [9.17, 15) is 24.8 Å². The van der Waals surface area contributed by atoms with Gasteiger partial charge in [0.1, 0.15) is 6.61 Å². The number of nitrogens with zero attached hydrogens (tertiary/aromatic N) is 1. The monoisotopic (exact) mass is 336 g/mol. The lowest BCUT2D eigenvalue weighted by molar-refractivity contribution is -0.384. The van der Waals surface area contributed by atoms with E-state index in [2.05, 4.69) is 5.32 Å². The average Bonchev–Trinajstić information content (AvgIpc) is 2.59. The van der Waals surface area contributed by atoms with Crippen molar-refractivity contribution in [3.63, 3.8) is 0 Å². The minimum absolute atomic E-state index is 0.0378. The highest BCUT2D eigenvalue weighted by atomic mass is 16.6. The second-order valence-electron chi connectivity index (χ2n) is 6.00. The smallest absolute Gasteiger partial charge is 0.407 e. The molecule has 1 saturated carbocycles. The summed E-state index contributed by atoms with van der Waals surface area (Å²) in [6, 6.07) is 5.67. The second-order valence-corrected chi connectivity index (χ2v) is 6.00. The molecule has 1 aromatic carbocycles. The standard InChI is InChI=1S/C16H20N2O6/c19-14(20)16(8-2-1-3-9-16)11-17-15(21)24-10-12-4-6-13(7-5-12)18(22)23/h4-7H,1-3,8-11H2,(H,17,21)(H,19,20). The van der Waals surface area contributed by atoms with E-state index in [1.165, 1.54) is 24.3 Å². The fourth-order valence-corrected chi connectivity index (χ4v) is 2.85. The highest BCUT2D eigenvalue weighted by Gasteiger charge is 2.39. The van der Waals surface area contributed by atoms with Crippen molar-refractivity contribution in [1.29, 1.82) is 0 Å². The van der Waals surface area contributed by atoms with Crippen LogP contribution in [0.5, 0.6) is 0 Å². The fourth-order valence-electron chi connectivity index (χ4n) is 2.85. The lowest BCUT2D eigenvalue weighted by Gasteiger charge is -2.32. The normalized spacial score (nSPS) is 16.2. The van der Waals surface area contributed by atoms with Crippen LogP contribution in [-0.2, 0) is 16.1 Å². The Bertz CT molecular complexity index is 607. The first-order valence-corrected chi connectivity index (χ1v) is 7.80. The van der Waals surface area contributed by atoms with Crippen LogP contribution in [0.1, 0.15) is 37.7 Å². The van der Waals surface area contributed by atoms with Crippen LogP contribution in [0.4, 0.5) is 10.5 Å². The Labute approximate surface area is 139 Å². The summed E-state index contributed by atoms with van der Waals surface area (Å²) in [4.78, 5) is 33.3. The molecule has 1 fully saturated rings. The number of nitro groups is 1. The molecule has 0 bridgehead atoms. The molecule has 0 heterocycles. The zero-order chi connectivity index (χ0) is 17.6. The number of hydrogen-bond acceptors (Lipinski definition) is 5. The predicted octanol–water partition coefficient (Wildman–Crippen LogP) is 2.86. The number of nitro benzene ring substituents is 1. The Balaban J connectivity index is 1.82. The van der Waals surface area contributed by atoms with Crippen LogP contribution in [0.2, 0.25) is 0 Å². The number of alkyl carbamates (subject to hydrolysis) is 1. The molecule has 1 aromatic rings. The Hall–Kier alpha value is -2.64. The topological polar surface area (TPSA) is 119 Å². The van der Waals surface area contributed by atoms with E-state index in [1.54, 1.807) is 0 Å². The molecule has 8 nitrogen and oxygen atoms in total. The number of aliphatic carboxylic acids is 1. The van der Waals surface area contributed by atoms with Crippen LogP contribution in [-0.4, -0.2) is 28.6 Å². The maximum absolute atomic E-state index is 11.8. The average molecular weight is 336 g/mol. The van der Waals surface area contributed by atoms with Gasteiger partial charge in [0.25, 0.3) is 5.69 Å². The van der Waals surface area contributed by atoms with Gasteiger partial charge in [0.05, 0.1) is 10.3 Å². The van der Waals surface area contributed by atoms with Crippen LogP contribution in [0.3, 0.4) is 0 Å². The van der Waals surface area contributed by atoms with Crippen molar-refractivity contribution in [3.8, 4) is 0 Å². The van der Waals surface area contributed by atoms with E-state index >= 15 is 0 Å². The minimum atomic E-state index is -0.912. The molecule has 1 aliphatic carbocycles. The lowest BCUT2D eigenvalue weighted by Crippen LogP contribution is -2.44. The maximum atomic E-state index is 11.8.